The maximum atomic E-state index is 11.4. The highest BCUT2D eigenvalue weighted by atomic mass is 35.5. The van der Waals surface area contributed by atoms with E-state index in [9.17, 15) is 9.90 Å². The fourth-order valence-electron chi connectivity index (χ4n) is 2.57. The second-order valence-corrected chi connectivity index (χ2v) is 5.02. The quantitative estimate of drug-likeness (QED) is 0.739. The van der Waals surface area contributed by atoms with Gasteiger partial charge in [0.25, 0.3) is 0 Å². The maximum Gasteiger partial charge on any atom is 0.337 e. The number of imidazole rings is 1. The zero-order valence-corrected chi connectivity index (χ0v) is 14.0. The summed E-state index contributed by atoms with van der Waals surface area (Å²) in [6, 6.07) is 10.8. The van der Waals surface area contributed by atoms with Crippen LogP contribution in [0.15, 0.2) is 36.4 Å². The molecular weight excluding hydrogens is 332 g/mol. The number of nitrogens with one attached hydrogen (secondary N) is 1. The summed E-state index contributed by atoms with van der Waals surface area (Å²) in [6.45, 7) is 0. The van der Waals surface area contributed by atoms with Crippen LogP contribution in [0.4, 0.5) is 0 Å². The number of halogens is 1. The van der Waals surface area contributed by atoms with Gasteiger partial charge in [0.2, 0.25) is 0 Å². The van der Waals surface area contributed by atoms with Crippen molar-refractivity contribution < 1.29 is 19.4 Å². The van der Waals surface area contributed by atoms with Crippen LogP contribution >= 0.6 is 12.4 Å². The Morgan fingerprint density at radius 2 is 1.83 bits per heavy atom. The molecule has 0 saturated heterocycles. The zero-order chi connectivity index (χ0) is 16.4. The van der Waals surface area contributed by atoms with Gasteiger partial charge >= 0.3 is 5.97 Å². The van der Waals surface area contributed by atoms with E-state index in [0.717, 1.165) is 11.3 Å². The number of rotatable bonds is 5. The first kappa shape index (κ1) is 17.6. The number of hydrogen-bond acceptors (Lipinski definition) is 4. The van der Waals surface area contributed by atoms with Crippen LogP contribution < -0.4 is 9.47 Å². The zero-order valence-electron chi connectivity index (χ0n) is 13.2. The molecule has 0 amide bonds. The Hall–Kier alpha value is -2.73. The highest BCUT2D eigenvalue weighted by molar-refractivity contribution is 6.02. The van der Waals surface area contributed by atoms with Crippen molar-refractivity contribution in [3.05, 3.63) is 53.3 Å². The number of aromatic carboxylic acids is 1. The number of H-pyrrole nitrogens is 1. The maximum absolute atomic E-state index is 11.4. The van der Waals surface area contributed by atoms with E-state index in [-0.39, 0.29) is 18.0 Å². The molecule has 24 heavy (non-hydrogen) atoms. The molecule has 0 aliphatic carbocycles. The Bertz CT molecular complexity index is 876. The number of fused-ring (bicyclic) bond motifs is 1. The first-order chi connectivity index (χ1) is 11.1. The topological polar surface area (TPSA) is 84.4 Å². The Balaban J connectivity index is 0.00000208. The Labute approximate surface area is 144 Å². The molecule has 0 bridgehead atoms. The van der Waals surface area contributed by atoms with Gasteiger partial charge in [-0.2, -0.15) is 0 Å². The highest BCUT2D eigenvalue weighted by Gasteiger charge is 2.17. The third-order valence-corrected chi connectivity index (χ3v) is 3.66. The second kappa shape index (κ2) is 7.23. The van der Waals surface area contributed by atoms with E-state index in [1.165, 1.54) is 13.2 Å². The van der Waals surface area contributed by atoms with E-state index in [0.29, 0.717) is 29.0 Å². The number of ether oxygens (including phenoxy) is 2. The molecule has 0 aliphatic heterocycles. The number of hydrogen-bond donors (Lipinski definition) is 2. The molecule has 7 heteroatoms. The number of aromatic amines is 1. The summed E-state index contributed by atoms with van der Waals surface area (Å²) in [5, 5.41) is 9.31. The average molecular weight is 349 g/mol. The number of benzene rings is 2. The lowest BCUT2D eigenvalue weighted by molar-refractivity contribution is 0.0699. The van der Waals surface area contributed by atoms with Gasteiger partial charge in [0.1, 0.15) is 28.4 Å². The second-order valence-electron chi connectivity index (χ2n) is 5.02. The molecule has 0 aliphatic rings. The van der Waals surface area contributed by atoms with Gasteiger partial charge in [-0.25, -0.2) is 9.78 Å². The summed E-state index contributed by atoms with van der Waals surface area (Å²) in [6.07, 6.45) is 0.501. The molecule has 2 aromatic carbocycles. The van der Waals surface area contributed by atoms with E-state index < -0.39 is 5.97 Å². The van der Waals surface area contributed by atoms with Crippen molar-refractivity contribution in [2.45, 2.75) is 6.42 Å². The molecule has 0 spiro atoms. The van der Waals surface area contributed by atoms with Gasteiger partial charge in [-0.1, -0.05) is 18.2 Å². The van der Waals surface area contributed by atoms with Crippen LogP contribution in [0.3, 0.4) is 0 Å². The van der Waals surface area contributed by atoms with Crippen molar-refractivity contribution in [3.8, 4) is 11.5 Å². The van der Waals surface area contributed by atoms with Crippen molar-refractivity contribution in [1.29, 1.82) is 0 Å². The smallest absolute Gasteiger partial charge is 0.337 e. The summed E-state index contributed by atoms with van der Waals surface area (Å²) in [4.78, 5) is 19.0. The molecule has 126 valence electrons. The first-order valence-electron chi connectivity index (χ1n) is 7.04. The summed E-state index contributed by atoms with van der Waals surface area (Å²) >= 11 is 0. The SMILES string of the molecule is COc1ccccc1Cc1nc2c(C(=O)O)ccc(OC)c2[nH]1.Cl. The molecule has 3 rings (SSSR count). The van der Waals surface area contributed by atoms with Crippen LogP contribution in [0.5, 0.6) is 11.5 Å². The van der Waals surface area contributed by atoms with Crippen LogP contribution in [-0.2, 0) is 6.42 Å². The molecule has 0 saturated carbocycles. The standard InChI is InChI=1S/C17H16N2O4.ClH/c1-22-12-6-4-3-5-10(12)9-14-18-15-11(17(20)21)7-8-13(23-2)16(15)19-14;/h3-8H,9H2,1-2H3,(H,18,19)(H,20,21);1H. The van der Waals surface area contributed by atoms with E-state index in [4.69, 9.17) is 9.47 Å². The molecule has 6 nitrogen and oxygen atoms in total. The molecule has 1 heterocycles. The first-order valence-corrected chi connectivity index (χ1v) is 7.04. The molecule has 0 radical (unpaired) electrons. The number of para-hydroxylation sites is 1. The fraction of sp³-hybridized carbons (Fsp3) is 0.176. The number of aromatic nitrogens is 2. The lowest BCUT2D eigenvalue weighted by atomic mass is 10.1. The van der Waals surface area contributed by atoms with E-state index >= 15 is 0 Å². The van der Waals surface area contributed by atoms with Crippen molar-refractivity contribution in [2.24, 2.45) is 0 Å². The van der Waals surface area contributed by atoms with Crippen molar-refractivity contribution in [1.82, 2.24) is 9.97 Å². The molecule has 0 atom stereocenters. The van der Waals surface area contributed by atoms with Crippen LogP contribution in [0, 0.1) is 0 Å². The van der Waals surface area contributed by atoms with Gasteiger partial charge in [0, 0.05) is 12.0 Å². The minimum Gasteiger partial charge on any atom is -0.496 e. The lowest BCUT2D eigenvalue weighted by Crippen LogP contribution is -1.98. The molecule has 0 fully saturated rings. The Morgan fingerprint density at radius 1 is 1.12 bits per heavy atom. The van der Waals surface area contributed by atoms with Gasteiger partial charge in [-0.3, -0.25) is 0 Å². The molecule has 3 aromatic rings. The van der Waals surface area contributed by atoms with Crippen LogP contribution in [0.2, 0.25) is 0 Å². The third-order valence-electron chi connectivity index (χ3n) is 3.66. The molecule has 2 N–H and O–H groups in total. The van der Waals surface area contributed by atoms with Gasteiger partial charge in [0.15, 0.2) is 0 Å². The van der Waals surface area contributed by atoms with Crippen molar-refractivity contribution >= 4 is 29.4 Å². The number of carboxylic acids is 1. The van der Waals surface area contributed by atoms with Crippen molar-refractivity contribution in [2.75, 3.05) is 14.2 Å². The normalized spacial score (nSPS) is 10.2. The van der Waals surface area contributed by atoms with E-state index in [1.807, 2.05) is 24.3 Å². The van der Waals surface area contributed by atoms with Crippen LogP contribution in [0.1, 0.15) is 21.7 Å². The molecule has 0 unspecified atom stereocenters. The van der Waals surface area contributed by atoms with Gasteiger partial charge in [0.05, 0.1) is 19.8 Å². The monoisotopic (exact) mass is 348 g/mol. The molecule has 1 aromatic heterocycles. The van der Waals surface area contributed by atoms with E-state index in [1.54, 1.807) is 13.2 Å². The summed E-state index contributed by atoms with van der Waals surface area (Å²) in [5.41, 5.74) is 2.08. The Kier molecular flexibility index (Phi) is 5.31. The third kappa shape index (κ3) is 3.14. The summed E-state index contributed by atoms with van der Waals surface area (Å²) < 4.78 is 10.6. The lowest BCUT2D eigenvalue weighted by Gasteiger charge is -2.05. The van der Waals surface area contributed by atoms with Crippen molar-refractivity contribution in [3.63, 3.8) is 0 Å². The van der Waals surface area contributed by atoms with Crippen LogP contribution in [-0.4, -0.2) is 35.3 Å². The summed E-state index contributed by atoms with van der Waals surface area (Å²) in [7, 11) is 3.15. The number of carbonyl (C=O) groups is 1. The summed E-state index contributed by atoms with van der Waals surface area (Å²) in [5.74, 6) is 0.951. The predicted molar refractivity (Wildman–Crippen MR) is 92.7 cm³/mol. The minimum atomic E-state index is -1.02. The fourth-order valence-corrected chi connectivity index (χ4v) is 2.57. The largest absolute Gasteiger partial charge is 0.496 e. The van der Waals surface area contributed by atoms with Gasteiger partial charge in [-0.05, 0) is 18.2 Å². The van der Waals surface area contributed by atoms with Gasteiger partial charge < -0.3 is 19.6 Å². The number of carboxylic acid groups (broad SMARTS) is 1. The number of methoxy groups -OCH3 is 2. The van der Waals surface area contributed by atoms with Crippen LogP contribution in [0.25, 0.3) is 11.0 Å². The molecular formula is C17H17ClN2O4. The number of nitrogens with zero attached hydrogens (tertiary/aromatic N) is 1. The average Bonchev–Trinajstić information content (AvgIpc) is 2.97. The van der Waals surface area contributed by atoms with E-state index in [2.05, 4.69) is 9.97 Å². The predicted octanol–water partition coefficient (Wildman–Crippen LogP) is 3.29. The minimum absolute atomic E-state index is 0. The highest BCUT2D eigenvalue weighted by Crippen LogP contribution is 2.28. The van der Waals surface area contributed by atoms with Gasteiger partial charge in [-0.15, -0.1) is 12.4 Å². The Morgan fingerprint density at radius 3 is 2.50 bits per heavy atom.